The van der Waals surface area contributed by atoms with E-state index in [0.29, 0.717) is 11.3 Å². The molecule has 2 aromatic rings. The number of nitrogens with one attached hydrogen (secondary N) is 1. The second kappa shape index (κ2) is 6.67. The van der Waals surface area contributed by atoms with E-state index in [-0.39, 0.29) is 11.6 Å². The van der Waals surface area contributed by atoms with Crippen LogP contribution in [0.25, 0.3) is 0 Å². The Bertz CT molecular complexity index is 636. The zero-order valence-corrected chi connectivity index (χ0v) is 11.3. The van der Waals surface area contributed by atoms with Gasteiger partial charge in [0, 0.05) is 23.3 Å². The summed E-state index contributed by atoms with van der Waals surface area (Å²) in [6, 6.07) is 7.42. The lowest BCUT2D eigenvalue weighted by atomic mass is 10.2. The van der Waals surface area contributed by atoms with Crippen molar-refractivity contribution in [3.05, 3.63) is 58.6 Å². The topological polar surface area (TPSA) is 21.3 Å². The molecule has 2 aromatic carbocycles. The van der Waals surface area contributed by atoms with Crippen LogP contribution in [-0.4, -0.2) is 6.61 Å². The first-order chi connectivity index (χ1) is 9.95. The Morgan fingerprint density at radius 1 is 1.10 bits per heavy atom. The van der Waals surface area contributed by atoms with E-state index < -0.39 is 24.0 Å². The van der Waals surface area contributed by atoms with E-state index >= 15 is 0 Å². The first-order valence-electron chi connectivity index (χ1n) is 5.88. The van der Waals surface area contributed by atoms with Crippen LogP contribution in [0.15, 0.2) is 36.4 Å². The highest BCUT2D eigenvalue weighted by Crippen LogP contribution is 2.24. The summed E-state index contributed by atoms with van der Waals surface area (Å²) in [6.45, 7) is -2.86. The molecule has 0 unspecified atom stereocenters. The van der Waals surface area contributed by atoms with Crippen LogP contribution in [0.4, 0.5) is 23.2 Å². The molecule has 0 amide bonds. The maximum absolute atomic E-state index is 13.5. The number of anilines is 1. The number of ether oxygens (including phenoxy) is 1. The summed E-state index contributed by atoms with van der Waals surface area (Å²) in [7, 11) is 0. The minimum atomic E-state index is -3.09. The van der Waals surface area contributed by atoms with Crippen molar-refractivity contribution in [3.8, 4) is 5.75 Å². The number of hydrogen-bond donors (Lipinski definition) is 1. The smallest absolute Gasteiger partial charge is 0.387 e. The molecule has 2 nitrogen and oxygen atoms in total. The van der Waals surface area contributed by atoms with Crippen LogP contribution >= 0.6 is 11.6 Å². The maximum atomic E-state index is 13.5. The van der Waals surface area contributed by atoms with E-state index in [1.165, 1.54) is 24.3 Å². The maximum Gasteiger partial charge on any atom is 0.387 e. The summed E-state index contributed by atoms with van der Waals surface area (Å²) in [5, 5.41) is 3.09. The average Bonchev–Trinajstić information content (AvgIpc) is 2.40. The van der Waals surface area contributed by atoms with Crippen molar-refractivity contribution in [2.45, 2.75) is 13.2 Å². The van der Waals surface area contributed by atoms with Gasteiger partial charge in [0.1, 0.15) is 5.82 Å². The van der Waals surface area contributed by atoms with Gasteiger partial charge < -0.3 is 10.1 Å². The third kappa shape index (κ3) is 4.26. The number of hydrogen-bond acceptors (Lipinski definition) is 2. The summed E-state index contributed by atoms with van der Waals surface area (Å²) in [5.74, 6) is -1.90. The molecule has 2 rings (SSSR count). The van der Waals surface area contributed by atoms with Crippen molar-refractivity contribution in [1.29, 1.82) is 0 Å². The lowest BCUT2D eigenvalue weighted by Crippen LogP contribution is -2.05. The van der Waals surface area contributed by atoms with Crippen LogP contribution in [-0.2, 0) is 6.54 Å². The number of alkyl halides is 2. The molecule has 7 heteroatoms. The molecule has 0 spiro atoms. The van der Waals surface area contributed by atoms with Gasteiger partial charge in [0.15, 0.2) is 11.6 Å². The monoisotopic (exact) mass is 319 g/mol. The lowest BCUT2D eigenvalue weighted by molar-refractivity contribution is -0.0521. The van der Waals surface area contributed by atoms with Gasteiger partial charge in [-0.2, -0.15) is 8.78 Å². The minimum absolute atomic E-state index is 0.230. The van der Waals surface area contributed by atoms with Crippen LogP contribution in [0.3, 0.4) is 0 Å². The van der Waals surface area contributed by atoms with Crippen LogP contribution in [0.5, 0.6) is 5.75 Å². The van der Waals surface area contributed by atoms with Crippen molar-refractivity contribution in [2.75, 3.05) is 5.32 Å². The zero-order chi connectivity index (χ0) is 15.4. The third-order valence-corrected chi connectivity index (χ3v) is 3.00. The fraction of sp³-hybridized carbons (Fsp3) is 0.143. The Kier molecular flexibility index (Phi) is 4.90. The Labute approximate surface area is 123 Å². The van der Waals surface area contributed by atoms with Gasteiger partial charge in [-0.3, -0.25) is 0 Å². The van der Waals surface area contributed by atoms with Gasteiger partial charge in [0.05, 0.1) is 0 Å². The number of benzene rings is 2. The molecule has 0 heterocycles. The second-order valence-electron chi connectivity index (χ2n) is 4.11. The van der Waals surface area contributed by atoms with Gasteiger partial charge in [0.2, 0.25) is 0 Å². The molecule has 0 bridgehead atoms. The van der Waals surface area contributed by atoms with Gasteiger partial charge in [-0.05, 0) is 29.8 Å². The molecule has 0 aliphatic carbocycles. The molecule has 0 aliphatic heterocycles. The van der Waals surface area contributed by atoms with Crippen molar-refractivity contribution >= 4 is 17.3 Å². The van der Waals surface area contributed by atoms with Crippen molar-refractivity contribution in [2.24, 2.45) is 0 Å². The normalized spacial score (nSPS) is 10.8. The van der Waals surface area contributed by atoms with E-state index in [2.05, 4.69) is 10.1 Å². The Hall–Kier alpha value is -1.95. The van der Waals surface area contributed by atoms with Crippen molar-refractivity contribution in [1.82, 2.24) is 0 Å². The predicted molar refractivity (Wildman–Crippen MR) is 71.8 cm³/mol. The summed E-state index contributed by atoms with van der Waals surface area (Å²) >= 11 is 5.85. The molecule has 0 aliphatic rings. The van der Waals surface area contributed by atoms with E-state index in [1.807, 2.05) is 0 Å². The first kappa shape index (κ1) is 15.4. The highest BCUT2D eigenvalue weighted by atomic mass is 35.5. The van der Waals surface area contributed by atoms with E-state index in [1.54, 1.807) is 0 Å². The van der Waals surface area contributed by atoms with Crippen LogP contribution in [0.1, 0.15) is 5.56 Å². The zero-order valence-electron chi connectivity index (χ0n) is 10.5. The third-order valence-electron chi connectivity index (χ3n) is 2.65. The Morgan fingerprint density at radius 2 is 1.86 bits per heavy atom. The highest BCUT2D eigenvalue weighted by molar-refractivity contribution is 6.31. The number of halogens is 5. The fourth-order valence-corrected chi connectivity index (χ4v) is 1.90. The summed E-state index contributed by atoms with van der Waals surface area (Å²) < 4.78 is 54.4. The molecule has 0 radical (unpaired) electrons. The van der Waals surface area contributed by atoms with Gasteiger partial charge >= 0.3 is 6.61 Å². The molecular weight excluding hydrogens is 310 g/mol. The molecule has 0 saturated heterocycles. The van der Waals surface area contributed by atoms with E-state index in [9.17, 15) is 17.6 Å². The first-order valence-corrected chi connectivity index (χ1v) is 6.25. The summed E-state index contributed by atoms with van der Waals surface area (Å²) in [6.07, 6.45) is 0. The average molecular weight is 320 g/mol. The molecule has 1 N–H and O–H groups in total. The van der Waals surface area contributed by atoms with Crippen LogP contribution < -0.4 is 10.1 Å². The lowest BCUT2D eigenvalue weighted by Gasteiger charge is -2.10. The Balaban J connectivity index is 2.05. The molecule has 112 valence electrons. The van der Waals surface area contributed by atoms with Crippen LogP contribution in [0.2, 0.25) is 5.02 Å². The second-order valence-corrected chi connectivity index (χ2v) is 4.52. The summed E-state index contributed by atoms with van der Waals surface area (Å²) in [4.78, 5) is 0. The highest BCUT2D eigenvalue weighted by Gasteiger charge is 2.10. The molecule has 21 heavy (non-hydrogen) atoms. The fourth-order valence-electron chi connectivity index (χ4n) is 1.66. The quantitative estimate of drug-likeness (QED) is 0.797. The van der Waals surface area contributed by atoms with Gasteiger partial charge in [0.25, 0.3) is 0 Å². The largest absolute Gasteiger partial charge is 0.432 e. The number of rotatable bonds is 5. The van der Waals surface area contributed by atoms with Crippen LogP contribution in [0, 0.1) is 11.6 Å². The van der Waals surface area contributed by atoms with Gasteiger partial charge in [-0.25, -0.2) is 8.78 Å². The summed E-state index contributed by atoms with van der Waals surface area (Å²) in [5.41, 5.74) is 0.973. The van der Waals surface area contributed by atoms with Gasteiger partial charge in [-0.15, -0.1) is 0 Å². The molecule has 0 fully saturated rings. The molecule has 0 atom stereocenters. The standard InChI is InChI=1S/C14H10ClF4NO/c15-11-5-9(16)2-1-8(11)7-20-10-3-4-13(12(17)6-10)21-14(18)19/h1-6,14,20H,7H2. The minimum Gasteiger partial charge on any atom is -0.432 e. The predicted octanol–water partition coefficient (Wildman–Crippen LogP) is 4.83. The molecular formula is C14H10ClF4NO. The van der Waals surface area contributed by atoms with Crippen molar-refractivity contribution < 1.29 is 22.3 Å². The van der Waals surface area contributed by atoms with Gasteiger partial charge in [-0.1, -0.05) is 17.7 Å². The van der Waals surface area contributed by atoms with Crippen molar-refractivity contribution in [3.63, 3.8) is 0 Å². The Morgan fingerprint density at radius 3 is 2.48 bits per heavy atom. The molecule has 0 aromatic heterocycles. The molecule has 0 saturated carbocycles. The SMILES string of the molecule is Fc1ccc(CNc2ccc(OC(F)F)c(F)c2)c(Cl)c1. The van der Waals surface area contributed by atoms with E-state index in [4.69, 9.17) is 11.6 Å². The van der Waals surface area contributed by atoms with E-state index in [0.717, 1.165) is 12.1 Å².